The van der Waals surface area contributed by atoms with E-state index < -0.39 is 0 Å². The highest BCUT2D eigenvalue weighted by atomic mass is 16.1. The van der Waals surface area contributed by atoms with E-state index in [9.17, 15) is 4.79 Å². The fraction of sp³-hybridized carbons (Fsp3) is 0.667. The second kappa shape index (κ2) is 5.36. The molecule has 4 bridgehead atoms. The van der Waals surface area contributed by atoms with Crippen molar-refractivity contribution in [1.29, 1.82) is 0 Å². The van der Waals surface area contributed by atoms with Gasteiger partial charge in [0.15, 0.2) is 0 Å². The van der Waals surface area contributed by atoms with Crippen LogP contribution in [0.4, 0.5) is 0 Å². The molecule has 0 heterocycles. The van der Waals surface area contributed by atoms with Crippen LogP contribution in [-0.2, 0) is 11.2 Å². The van der Waals surface area contributed by atoms with E-state index in [1.54, 1.807) is 0 Å². The molecule has 0 radical (unpaired) electrons. The van der Waals surface area contributed by atoms with Gasteiger partial charge in [0.05, 0.1) is 6.42 Å². The number of amides is 1. The maximum Gasteiger partial charge on any atom is 0.224 e. The Morgan fingerprint density at radius 3 is 2.39 bits per heavy atom. The monoisotopic (exact) mass is 311 g/mol. The molecule has 0 spiro atoms. The van der Waals surface area contributed by atoms with Crippen molar-refractivity contribution in [3.63, 3.8) is 0 Å². The second-order valence-electron chi connectivity index (χ2n) is 8.97. The summed E-state index contributed by atoms with van der Waals surface area (Å²) in [5.41, 5.74) is 1.71. The SMILES string of the molecule is CC(C)C12C[C@@H]3C[C@@H](CC(NC(=O)Cc4ccccc4)(C3)C1)C2. The highest BCUT2D eigenvalue weighted by molar-refractivity contribution is 5.79. The lowest BCUT2D eigenvalue weighted by Crippen LogP contribution is -2.64. The molecule has 1 amide bonds. The molecule has 5 rings (SSSR count). The molecule has 1 N–H and O–H groups in total. The predicted octanol–water partition coefficient (Wildman–Crippen LogP) is 4.34. The molecule has 0 aliphatic heterocycles. The second-order valence-corrected chi connectivity index (χ2v) is 8.97. The fourth-order valence-electron chi connectivity index (χ4n) is 6.28. The van der Waals surface area contributed by atoms with E-state index in [4.69, 9.17) is 0 Å². The van der Waals surface area contributed by atoms with Crippen LogP contribution in [0.15, 0.2) is 30.3 Å². The van der Waals surface area contributed by atoms with Gasteiger partial charge < -0.3 is 5.32 Å². The van der Waals surface area contributed by atoms with E-state index in [1.807, 2.05) is 18.2 Å². The van der Waals surface area contributed by atoms with Crippen molar-refractivity contribution in [2.24, 2.45) is 23.2 Å². The van der Waals surface area contributed by atoms with Crippen molar-refractivity contribution < 1.29 is 4.79 Å². The molecule has 4 saturated carbocycles. The Morgan fingerprint density at radius 1 is 1.13 bits per heavy atom. The highest BCUT2D eigenvalue weighted by Gasteiger charge is 2.58. The zero-order chi connectivity index (χ0) is 16.1. The van der Waals surface area contributed by atoms with Gasteiger partial charge in [0.25, 0.3) is 0 Å². The Morgan fingerprint density at radius 2 is 1.78 bits per heavy atom. The third kappa shape index (κ3) is 2.70. The molecule has 23 heavy (non-hydrogen) atoms. The van der Waals surface area contributed by atoms with E-state index >= 15 is 0 Å². The third-order valence-corrected chi connectivity index (χ3v) is 6.94. The Bertz CT molecular complexity index is 577. The number of rotatable bonds is 4. The predicted molar refractivity (Wildman–Crippen MR) is 93.0 cm³/mol. The Balaban J connectivity index is 1.51. The van der Waals surface area contributed by atoms with E-state index in [0.717, 1.165) is 23.3 Å². The van der Waals surface area contributed by atoms with E-state index in [-0.39, 0.29) is 11.4 Å². The average Bonchev–Trinajstić information content (AvgIpc) is 2.45. The van der Waals surface area contributed by atoms with Crippen molar-refractivity contribution in [3.05, 3.63) is 35.9 Å². The largest absolute Gasteiger partial charge is 0.350 e. The van der Waals surface area contributed by atoms with Crippen LogP contribution in [0, 0.1) is 23.2 Å². The number of carbonyl (C=O) groups excluding carboxylic acids is 1. The summed E-state index contributed by atoms with van der Waals surface area (Å²) in [5.74, 6) is 2.64. The van der Waals surface area contributed by atoms with Crippen LogP contribution in [0.5, 0.6) is 0 Å². The zero-order valence-electron chi connectivity index (χ0n) is 14.5. The van der Waals surface area contributed by atoms with Gasteiger partial charge in [-0.05, 0) is 67.3 Å². The highest BCUT2D eigenvalue weighted by Crippen LogP contribution is 2.64. The van der Waals surface area contributed by atoms with Gasteiger partial charge in [-0.25, -0.2) is 0 Å². The van der Waals surface area contributed by atoms with Gasteiger partial charge in [0.2, 0.25) is 5.91 Å². The molecule has 4 fully saturated rings. The number of nitrogens with one attached hydrogen (secondary N) is 1. The summed E-state index contributed by atoms with van der Waals surface area (Å²) in [5, 5.41) is 3.51. The molecular weight excluding hydrogens is 282 g/mol. The Hall–Kier alpha value is -1.31. The topological polar surface area (TPSA) is 29.1 Å². The Kier molecular flexibility index (Phi) is 3.55. The smallest absolute Gasteiger partial charge is 0.224 e. The maximum atomic E-state index is 12.7. The lowest BCUT2D eigenvalue weighted by Gasteiger charge is -2.63. The number of benzene rings is 1. The lowest BCUT2D eigenvalue weighted by molar-refractivity contribution is -0.134. The molecule has 4 atom stereocenters. The van der Waals surface area contributed by atoms with Gasteiger partial charge in [0.1, 0.15) is 0 Å². The molecule has 2 unspecified atom stereocenters. The van der Waals surface area contributed by atoms with Crippen LogP contribution in [0.2, 0.25) is 0 Å². The van der Waals surface area contributed by atoms with Gasteiger partial charge in [-0.3, -0.25) is 4.79 Å². The molecule has 1 aromatic rings. The minimum absolute atomic E-state index is 0.0974. The van der Waals surface area contributed by atoms with Crippen LogP contribution in [0.25, 0.3) is 0 Å². The first-order valence-electron chi connectivity index (χ1n) is 9.34. The molecule has 2 heteroatoms. The number of hydrogen-bond donors (Lipinski definition) is 1. The van der Waals surface area contributed by atoms with Gasteiger partial charge in [0, 0.05) is 5.54 Å². The first-order valence-corrected chi connectivity index (χ1v) is 9.34. The molecule has 2 nitrogen and oxygen atoms in total. The summed E-state index contributed by atoms with van der Waals surface area (Å²) >= 11 is 0. The average molecular weight is 311 g/mol. The molecule has 0 saturated heterocycles. The zero-order valence-corrected chi connectivity index (χ0v) is 14.5. The number of hydrogen-bond acceptors (Lipinski definition) is 1. The molecule has 0 aromatic heterocycles. The van der Waals surface area contributed by atoms with Crippen LogP contribution >= 0.6 is 0 Å². The van der Waals surface area contributed by atoms with Gasteiger partial charge >= 0.3 is 0 Å². The van der Waals surface area contributed by atoms with Crippen molar-refractivity contribution in [2.45, 2.75) is 64.3 Å². The molecule has 4 aliphatic carbocycles. The normalized spacial score (nSPS) is 38.0. The summed E-state index contributed by atoms with van der Waals surface area (Å²) in [6, 6.07) is 10.1. The lowest BCUT2D eigenvalue weighted by atomic mass is 9.44. The van der Waals surface area contributed by atoms with Crippen LogP contribution in [0.3, 0.4) is 0 Å². The molecular formula is C21H29NO. The van der Waals surface area contributed by atoms with E-state index in [0.29, 0.717) is 11.8 Å². The van der Waals surface area contributed by atoms with Crippen molar-refractivity contribution in [1.82, 2.24) is 5.32 Å². The third-order valence-electron chi connectivity index (χ3n) is 6.94. The molecule has 4 aliphatic rings. The minimum atomic E-state index is 0.0974. The summed E-state index contributed by atoms with van der Waals surface area (Å²) < 4.78 is 0. The standard InChI is InChI=1S/C21H29NO/c1-15(2)20-10-17-8-18(11-20)13-21(12-17,14-20)22-19(23)9-16-6-4-3-5-7-16/h3-7,15,17-18H,8-14H2,1-2H3,(H,22,23)/t17-,18+,20?,21?. The Labute approximate surface area is 140 Å². The van der Waals surface area contributed by atoms with Gasteiger partial charge in [-0.15, -0.1) is 0 Å². The van der Waals surface area contributed by atoms with Crippen LogP contribution < -0.4 is 5.32 Å². The van der Waals surface area contributed by atoms with Crippen molar-refractivity contribution in [2.75, 3.05) is 0 Å². The van der Waals surface area contributed by atoms with Gasteiger partial charge in [-0.1, -0.05) is 44.2 Å². The molecule has 124 valence electrons. The first-order chi connectivity index (χ1) is 11.0. The van der Waals surface area contributed by atoms with E-state index in [2.05, 4.69) is 31.3 Å². The van der Waals surface area contributed by atoms with Crippen LogP contribution in [-0.4, -0.2) is 11.4 Å². The van der Waals surface area contributed by atoms with E-state index in [1.165, 1.54) is 38.5 Å². The maximum absolute atomic E-state index is 12.7. The summed E-state index contributed by atoms with van der Waals surface area (Å²) in [6.45, 7) is 4.79. The summed E-state index contributed by atoms with van der Waals surface area (Å²) in [4.78, 5) is 12.7. The summed E-state index contributed by atoms with van der Waals surface area (Å²) in [6.07, 6.45) is 8.38. The van der Waals surface area contributed by atoms with Gasteiger partial charge in [-0.2, -0.15) is 0 Å². The summed E-state index contributed by atoms with van der Waals surface area (Å²) in [7, 11) is 0. The van der Waals surface area contributed by atoms with Crippen LogP contribution in [0.1, 0.15) is 57.9 Å². The van der Waals surface area contributed by atoms with Crippen molar-refractivity contribution >= 4 is 5.91 Å². The molecule has 1 aromatic carbocycles. The first kappa shape index (κ1) is 15.2. The number of carbonyl (C=O) groups is 1. The quantitative estimate of drug-likeness (QED) is 0.880. The fourth-order valence-corrected chi connectivity index (χ4v) is 6.28. The minimum Gasteiger partial charge on any atom is -0.350 e. The van der Waals surface area contributed by atoms with Crippen molar-refractivity contribution in [3.8, 4) is 0 Å².